The number of benzene rings is 1. The van der Waals surface area contributed by atoms with Crippen molar-refractivity contribution in [2.24, 2.45) is 5.92 Å². The van der Waals surface area contributed by atoms with Crippen molar-refractivity contribution in [3.63, 3.8) is 0 Å². The van der Waals surface area contributed by atoms with Crippen LogP contribution in [0.15, 0.2) is 24.3 Å². The second kappa shape index (κ2) is 8.54. The van der Waals surface area contributed by atoms with E-state index in [-0.39, 0.29) is 0 Å². The lowest BCUT2D eigenvalue weighted by Crippen LogP contribution is -2.42. The summed E-state index contributed by atoms with van der Waals surface area (Å²) in [4.78, 5) is 0. The summed E-state index contributed by atoms with van der Waals surface area (Å²) < 4.78 is 5.84. The Labute approximate surface area is 135 Å². The van der Waals surface area contributed by atoms with Gasteiger partial charge in [0.05, 0.1) is 0 Å². The number of aliphatic hydroxyl groups excluding tert-OH is 1. The van der Waals surface area contributed by atoms with E-state index in [2.05, 4.69) is 32.2 Å². The quantitative estimate of drug-likeness (QED) is 0.807. The van der Waals surface area contributed by atoms with E-state index < -0.39 is 6.10 Å². The fraction of sp³-hybridized carbons (Fsp3) is 0.684. The number of para-hydroxylation sites is 1. The SMILES string of the molecule is CC(C)c1ccccc1OC[C@@H](O)CN[C@@H]1CCCC[C@@H]1C. The standard InChI is InChI=1S/C19H31NO2/c1-14(2)17-9-5-7-11-19(17)22-13-16(21)12-20-18-10-6-4-8-15(18)3/h5,7,9,11,14-16,18,20-21H,4,6,8,10,12-13H2,1-3H3/t15-,16-,18+/m0/s1. The van der Waals surface area contributed by atoms with Crippen LogP contribution in [0.1, 0.15) is 57.9 Å². The van der Waals surface area contributed by atoms with Crippen LogP contribution >= 0.6 is 0 Å². The van der Waals surface area contributed by atoms with E-state index in [0.717, 1.165) is 5.75 Å². The van der Waals surface area contributed by atoms with Crippen molar-refractivity contribution in [1.29, 1.82) is 0 Å². The number of rotatable bonds is 7. The van der Waals surface area contributed by atoms with Gasteiger partial charge < -0.3 is 15.2 Å². The van der Waals surface area contributed by atoms with Crippen molar-refractivity contribution in [3.8, 4) is 5.75 Å². The van der Waals surface area contributed by atoms with Crippen molar-refractivity contribution >= 4 is 0 Å². The van der Waals surface area contributed by atoms with Crippen LogP contribution in [0.3, 0.4) is 0 Å². The summed E-state index contributed by atoms with van der Waals surface area (Å²) in [5.41, 5.74) is 1.20. The van der Waals surface area contributed by atoms with Gasteiger partial charge in [0.15, 0.2) is 0 Å². The van der Waals surface area contributed by atoms with E-state index in [1.54, 1.807) is 0 Å². The Morgan fingerprint density at radius 1 is 1.23 bits per heavy atom. The molecule has 0 aliphatic heterocycles. The molecule has 2 rings (SSSR count). The normalized spacial score (nSPS) is 23.5. The van der Waals surface area contributed by atoms with Gasteiger partial charge in [-0.1, -0.05) is 51.8 Å². The topological polar surface area (TPSA) is 41.5 Å². The first-order valence-corrected chi connectivity index (χ1v) is 8.71. The molecule has 22 heavy (non-hydrogen) atoms. The third-order valence-corrected chi connectivity index (χ3v) is 4.70. The zero-order chi connectivity index (χ0) is 15.9. The molecule has 124 valence electrons. The molecular weight excluding hydrogens is 274 g/mol. The molecule has 0 unspecified atom stereocenters. The predicted octanol–water partition coefficient (Wildman–Crippen LogP) is 3.72. The molecule has 0 saturated heterocycles. The van der Waals surface area contributed by atoms with Gasteiger partial charge >= 0.3 is 0 Å². The number of hydrogen-bond acceptors (Lipinski definition) is 3. The highest BCUT2D eigenvalue weighted by molar-refractivity contribution is 5.35. The number of aliphatic hydroxyl groups is 1. The van der Waals surface area contributed by atoms with E-state index in [1.807, 2.05) is 18.2 Å². The minimum Gasteiger partial charge on any atom is -0.491 e. The molecule has 3 atom stereocenters. The zero-order valence-electron chi connectivity index (χ0n) is 14.2. The smallest absolute Gasteiger partial charge is 0.122 e. The molecule has 1 aliphatic carbocycles. The fourth-order valence-corrected chi connectivity index (χ4v) is 3.24. The molecule has 0 bridgehead atoms. The van der Waals surface area contributed by atoms with Crippen molar-refractivity contribution in [2.75, 3.05) is 13.2 Å². The van der Waals surface area contributed by atoms with E-state index in [1.165, 1.54) is 31.2 Å². The molecule has 2 N–H and O–H groups in total. The molecule has 3 heteroatoms. The van der Waals surface area contributed by atoms with E-state index in [0.29, 0.717) is 31.0 Å². The minimum atomic E-state index is -0.464. The number of ether oxygens (including phenoxy) is 1. The summed E-state index contributed by atoms with van der Waals surface area (Å²) in [5, 5.41) is 13.7. The van der Waals surface area contributed by atoms with Crippen molar-refractivity contribution in [3.05, 3.63) is 29.8 Å². The van der Waals surface area contributed by atoms with Crippen LogP contribution in [0.2, 0.25) is 0 Å². The Morgan fingerprint density at radius 3 is 2.68 bits per heavy atom. The summed E-state index contributed by atoms with van der Waals surface area (Å²) in [6.45, 7) is 7.57. The first kappa shape index (κ1) is 17.3. The number of nitrogens with one attached hydrogen (secondary N) is 1. The van der Waals surface area contributed by atoms with Crippen molar-refractivity contribution in [2.45, 2.75) is 64.5 Å². The Kier molecular flexibility index (Phi) is 6.71. The lowest BCUT2D eigenvalue weighted by molar-refractivity contribution is 0.0979. The van der Waals surface area contributed by atoms with Crippen molar-refractivity contribution < 1.29 is 9.84 Å². The third-order valence-electron chi connectivity index (χ3n) is 4.70. The van der Waals surface area contributed by atoms with Gasteiger partial charge in [-0.15, -0.1) is 0 Å². The van der Waals surface area contributed by atoms with Gasteiger partial charge in [0.25, 0.3) is 0 Å². The van der Waals surface area contributed by atoms with Gasteiger partial charge in [-0.3, -0.25) is 0 Å². The van der Waals surface area contributed by atoms with Gasteiger partial charge in [0.2, 0.25) is 0 Å². The van der Waals surface area contributed by atoms with Crippen LogP contribution < -0.4 is 10.1 Å². The Hall–Kier alpha value is -1.06. The Bertz CT molecular complexity index is 447. The molecule has 0 amide bonds. The van der Waals surface area contributed by atoms with Crippen LogP contribution in [0, 0.1) is 5.92 Å². The summed E-state index contributed by atoms with van der Waals surface area (Å²) in [6, 6.07) is 8.64. The van der Waals surface area contributed by atoms with E-state index >= 15 is 0 Å². The van der Waals surface area contributed by atoms with E-state index in [4.69, 9.17) is 4.74 Å². The molecule has 0 heterocycles. The Balaban J connectivity index is 1.77. The molecule has 3 nitrogen and oxygen atoms in total. The predicted molar refractivity (Wildman–Crippen MR) is 91.5 cm³/mol. The van der Waals surface area contributed by atoms with Gasteiger partial charge in [0.1, 0.15) is 18.5 Å². The molecule has 1 aliphatic rings. The highest BCUT2D eigenvalue weighted by atomic mass is 16.5. The monoisotopic (exact) mass is 305 g/mol. The maximum atomic E-state index is 10.2. The molecule has 0 spiro atoms. The first-order chi connectivity index (χ1) is 10.6. The first-order valence-electron chi connectivity index (χ1n) is 8.71. The van der Waals surface area contributed by atoms with Gasteiger partial charge in [-0.2, -0.15) is 0 Å². The Morgan fingerprint density at radius 2 is 1.95 bits per heavy atom. The van der Waals surface area contributed by atoms with E-state index in [9.17, 15) is 5.11 Å². The molecular formula is C19H31NO2. The lowest BCUT2D eigenvalue weighted by atomic mass is 9.86. The summed E-state index contributed by atoms with van der Waals surface area (Å²) in [5.74, 6) is 2.03. The van der Waals surface area contributed by atoms with Crippen LogP contribution in [0.5, 0.6) is 5.75 Å². The lowest BCUT2D eigenvalue weighted by Gasteiger charge is -2.30. The van der Waals surface area contributed by atoms with Crippen molar-refractivity contribution in [1.82, 2.24) is 5.32 Å². The van der Waals surface area contributed by atoms with Crippen LogP contribution in [0.25, 0.3) is 0 Å². The van der Waals surface area contributed by atoms with Gasteiger partial charge in [-0.25, -0.2) is 0 Å². The highest BCUT2D eigenvalue weighted by Crippen LogP contribution is 2.26. The van der Waals surface area contributed by atoms with Gasteiger partial charge in [-0.05, 0) is 36.3 Å². The average Bonchev–Trinajstić information content (AvgIpc) is 2.52. The summed E-state index contributed by atoms with van der Waals surface area (Å²) in [7, 11) is 0. The highest BCUT2D eigenvalue weighted by Gasteiger charge is 2.21. The maximum Gasteiger partial charge on any atom is 0.122 e. The molecule has 1 saturated carbocycles. The average molecular weight is 305 g/mol. The summed E-state index contributed by atoms with van der Waals surface area (Å²) in [6.07, 6.45) is 4.71. The zero-order valence-corrected chi connectivity index (χ0v) is 14.2. The molecule has 0 radical (unpaired) electrons. The molecule has 1 fully saturated rings. The molecule has 1 aromatic rings. The fourth-order valence-electron chi connectivity index (χ4n) is 3.24. The van der Waals surface area contributed by atoms with Crippen LogP contribution in [-0.4, -0.2) is 30.4 Å². The second-order valence-electron chi connectivity index (χ2n) is 6.93. The maximum absolute atomic E-state index is 10.2. The number of hydrogen-bond donors (Lipinski definition) is 2. The summed E-state index contributed by atoms with van der Waals surface area (Å²) >= 11 is 0. The van der Waals surface area contributed by atoms with Crippen LogP contribution in [-0.2, 0) is 0 Å². The molecule has 1 aromatic carbocycles. The van der Waals surface area contributed by atoms with Gasteiger partial charge in [0, 0.05) is 12.6 Å². The largest absolute Gasteiger partial charge is 0.491 e. The third kappa shape index (κ3) is 4.99. The minimum absolute atomic E-state index is 0.345. The second-order valence-corrected chi connectivity index (χ2v) is 6.93. The van der Waals surface area contributed by atoms with Crippen LogP contribution in [0.4, 0.5) is 0 Å². The molecule has 0 aromatic heterocycles.